The van der Waals surface area contributed by atoms with E-state index in [1.165, 1.54) is 23.1 Å². The summed E-state index contributed by atoms with van der Waals surface area (Å²) in [5, 5.41) is 3.43. The molecule has 0 unspecified atom stereocenters. The van der Waals surface area contributed by atoms with Crippen LogP contribution in [0.5, 0.6) is 5.75 Å². The molecule has 0 atom stereocenters. The van der Waals surface area contributed by atoms with Crippen molar-refractivity contribution in [1.29, 1.82) is 0 Å². The molecule has 0 radical (unpaired) electrons. The Kier molecular flexibility index (Phi) is 12.1. The van der Waals surface area contributed by atoms with E-state index in [2.05, 4.69) is 27.0 Å². The van der Waals surface area contributed by atoms with Gasteiger partial charge in [-0.2, -0.15) is 0 Å². The number of ether oxygens (including phenoxy) is 2. The Morgan fingerprint density at radius 2 is 1.66 bits per heavy atom. The van der Waals surface area contributed by atoms with E-state index in [1.807, 2.05) is 43.3 Å². The second-order valence-electron chi connectivity index (χ2n) is 11.6. The quantitative estimate of drug-likeness (QED) is 0.272. The molecule has 0 spiro atoms. The van der Waals surface area contributed by atoms with Gasteiger partial charge in [-0.1, -0.05) is 30.0 Å². The highest BCUT2D eigenvalue weighted by Crippen LogP contribution is 2.38. The first-order valence-electron chi connectivity index (χ1n) is 16.1. The normalized spacial score (nSPS) is 15.5. The number of carbonyl (C=O) groups is 3. The largest absolute Gasteiger partial charge is 0.496 e. The Bertz CT molecular complexity index is 1530. The summed E-state index contributed by atoms with van der Waals surface area (Å²) in [6.07, 6.45) is 2.78. The lowest BCUT2D eigenvalue weighted by Crippen LogP contribution is -2.50. The first kappa shape index (κ1) is 34.7. The third kappa shape index (κ3) is 9.04. The van der Waals surface area contributed by atoms with Crippen molar-refractivity contribution in [3.05, 3.63) is 59.3 Å². The van der Waals surface area contributed by atoms with Gasteiger partial charge in [0.25, 0.3) is 11.8 Å². The van der Waals surface area contributed by atoms with E-state index in [0.717, 1.165) is 72.7 Å². The van der Waals surface area contributed by atoms with Crippen molar-refractivity contribution >= 4 is 51.6 Å². The molecule has 2 saturated heterocycles. The molecule has 2 fully saturated rings. The molecule has 1 N–H and O–H groups in total. The van der Waals surface area contributed by atoms with Crippen LogP contribution < -0.4 is 15.0 Å². The number of nitrogens with zero attached hydrogens (tertiary/aromatic N) is 5. The van der Waals surface area contributed by atoms with E-state index in [-0.39, 0.29) is 17.7 Å². The highest BCUT2D eigenvalue weighted by atomic mass is 32.2. The molecule has 3 heterocycles. The minimum atomic E-state index is -0.210. The molecule has 47 heavy (non-hydrogen) atoms. The number of rotatable bonds is 12. The molecular formula is C34H44N6O5S2. The standard InChI is InChI=1S/C34H44N6O5S2/c1-5-19-45-20-18-37-10-12-39(13-11-37)27-8-6-26(7-9-27)32(42)36-34-35-23-31(47-34)46-30-22-28(29(44-4)21-24(30)2)33(43)40-16-14-38(15-17-40)25(3)41/h6-9,21-23H,5,10-20H2,1-4H3,(H,35,36,42). The van der Waals surface area contributed by atoms with Crippen LogP contribution in [0, 0.1) is 6.92 Å². The number of hydrogen-bond acceptors (Lipinski definition) is 10. The maximum absolute atomic E-state index is 13.5. The summed E-state index contributed by atoms with van der Waals surface area (Å²) >= 11 is 2.88. The van der Waals surface area contributed by atoms with Crippen molar-refractivity contribution in [3.8, 4) is 5.75 Å². The van der Waals surface area contributed by atoms with E-state index >= 15 is 0 Å². The average Bonchev–Trinajstić information content (AvgIpc) is 3.53. The van der Waals surface area contributed by atoms with Crippen LogP contribution in [0.15, 0.2) is 51.7 Å². The zero-order valence-corrected chi connectivity index (χ0v) is 29.3. The lowest BCUT2D eigenvalue weighted by molar-refractivity contribution is -0.130. The predicted octanol–water partition coefficient (Wildman–Crippen LogP) is 4.72. The third-order valence-corrected chi connectivity index (χ3v) is 10.6. The number of aryl methyl sites for hydroxylation is 1. The van der Waals surface area contributed by atoms with Gasteiger partial charge in [-0.15, -0.1) is 0 Å². The summed E-state index contributed by atoms with van der Waals surface area (Å²) in [6, 6.07) is 11.5. The Morgan fingerprint density at radius 3 is 2.32 bits per heavy atom. The molecule has 5 rings (SSSR count). The van der Waals surface area contributed by atoms with Gasteiger partial charge in [0.05, 0.1) is 29.7 Å². The topological polar surface area (TPSA) is 108 Å². The van der Waals surface area contributed by atoms with Gasteiger partial charge < -0.3 is 24.2 Å². The van der Waals surface area contributed by atoms with Crippen LogP contribution in [0.25, 0.3) is 0 Å². The van der Waals surface area contributed by atoms with E-state index < -0.39 is 0 Å². The van der Waals surface area contributed by atoms with Crippen LogP contribution in [0.2, 0.25) is 0 Å². The van der Waals surface area contributed by atoms with Gasteiger partial charge >= 0.3 is 0 Å². The highest BCUT2D eigenvalue weighted by Gasteiger charge is 2.26. The van der Waals surface area contributed by atoms with Crippen molar-refractivity contribution in [2.75, 3.05) is 89.4 Å². The van der Waals surface area contributed by atoms with Gasteiger partial charge in [0.2, 0.25) is 5.91 Å². The molecule has 13 heteroatoms. The number of piperazine rings is 2. The van der Waals surface area contributed by atoms with Crippen molar-refractivity contribution < 1.29 is 23.9 Å². The van der Waals surface area contributed by atoms with Crippen molar-refractivity contribution in [3.63, 3.8) is 0 Å². The molecule has 1 aromatic heterocycles. The number of benzene rings is 2. The summed E-state index contributed by atoms with van der Waals surface area (Å²) in [7, 11) is 1.56. The molecule has 2 aromatic carbocycles. The van der Waals surface area contributed by atoms with Gasteiger partial charge in [0, 0.05) is 88.6 Å². The predicted molar refractivity (Wildman–Crippen MR) is 186 cm³/mol. The molecule has 0 aliphatic carbocycles. The minimum Gasteiger partial charge on any atom is -0.496 e. The Morgan fingerprint density at radius 1 is 0.957 bits per heavy atom. The summed E-state index contributed by atoms with van der Waals surface area (Å²) in [6.45, 7) is 14.1. The van der Waals surface area contributed by atoms with E-state index in [1.54, 1.807) is 30.0 Å². The van der Waals surface area contributed by atoms with Gasteiger partial charge in [0.15, 0.2) is 5.13 Å². The van der Waals surface area contributed by atoms with Crippen LogP contribution in [0.1, 0.15) is 46.5 Å². The van der Waals surface area contributed by atoms with E-state index in [4.69, 9.17) is 9.47 Å². The van der Waals surface area contributed by atoms with Crippen LogP contribution in [-0.2, 0) is 9.53 Å². The fourth-order valence-electron chi connectivity index (χ4n) is 5.64. The number of amides is 3. The second-order valence-corrected chi connectivity index (χ2v) is 14.0. The van der Waals surface area contributed by atoms with Crippen molar-refractivity contribution in [2.24, 2.45) is 0 Å². The lowest BCUT2D eigenvalue weighted by Gasteiger charge is -2.36. The number of methoxy groups -OCH3 is 1. The third-order valence-electron chi connectivity index (χ3n) is 8.42. The first-order chi connectivity index (χ1) is 22.7. The fourth-order valence-corrected chi connectivity index (χ4v) is 7.57. The van der Waals surface area contributed by atoms with Crippen molar-refractivity contribution in [2.45, 2.75) is 36.3 Å². The number of aromatic nitrogens is 1. The molecular weight excluding hydrogens is 637 g/mol. The van der Waals surface area contributed by atoms with Gasteiger partial charge in [0.1, 0.15) is 5.75 Å². The average molecular weight is 681 g/mol. The number of nitrogens with one attached hydrogen (secondary N) is 1. The molecule has 252 valence electrons. The van der Waals surface area contributed by atoms with E-state index in [9.17, 15) is 14.4 Å². The summed E-state index contributed by atoms with van der Waals surface area (Å²) < 4.78 is 12.1. The minimum absolute atomic E-state index is 0.0197. The molecule has 0 bridgehead atoms. The molecule has 11 nitrogen and oxygen atoms in total. The van der Waals surface area contributed by atoms with Gasteiger partial charge in [-0.05, 0) is 55.3 Å². The molecule has 2 aliphatic rings. The van der Waals surface area contributed by atoms with Crippen LogP contribution >= 0.6 is 23.1 Å². The number of carbonyl (C=O) groups excluding carboxylic acids is 3. The molecule has 0 saturated carbocycles. The lowest BCUT2D eigenvalue weighted by atomic mass is 10.1. The van der Waals surface area contributed by atoms with Crippen molar-refractivity contribution in [1.82, 2.24) is 19.7 Å². The summed E-state index contributed by atoms with van der Waals surface area (Å²) in [4.78, 5) is 51.9. The monoisotopic (exact) mass is 680 g/mol. The molecule has 2 aliphatic heterocycles. The number of hydrogen-bond donors (Lipinski definition) is 1. The van der Waals surface area contributed by atoms with Gasteiger partial charge in [-0.25, -0.2) is 4.98 Å². The SMILES string of the molecule is CCCOCCN1CCN(c2ccc(C(=O)Nc3ncc(Sc4cc(C(=O)N5CCN(C(C)=O)CC5)c(OC)cc4C)s3)cc2)CC1. The van der Waals surface area contributed by atoms with Crippen LogP contribution in [0.3, 0.4) is 0 Å². The number of thiazole rings is 1. The first-order valence-corrected chi connectivity index (χ1v) is 17.7. The smallest absolute Gasteiger partial charge is 0.257 e. The molecule has 3 amide bonds. The summed E-state index contributed by atoms with van der Waals surface area (Å²) in [5.41, 5.74) is 3.13. The maximum atomic E-state index is 13.5. The van der Waals surface area contributed by atoms with Crippen LogP contribution in [0.4, 0.5) is 10.8 Å². The maximum Gasteiger partial charge on any atom is 0.257 e. The second kappa shape index (κ2) is 16.4. The summed E-state index contributed by atoms with van der Waals surface area (Å²) in [5.74, 6) is 0.207. The zero-order valence-electron chi connectivity index (χ0n) is 27.6. The Hall–Kier alpha value is -3.65. The number of anilines is 2. The van der Waals surface area contributed by atoms with E-state index in [0.29, 0.717) is 48.2 Å². The Balaban J connectivity index is 1.16. The fraction of sp³-hybridized carbons (Fsp3) is 0.471. The zero-order chi connectivity index (χ0) is 33.3. The molecule has 3 aromatic rings. The highest BCUT2D eigenvalue weighted by molar-refractivity contribution is 8.01. The van der Waals surface area contributed by atoms with Crippen LogP contribution in [-0.4, -0.2) is 117 Å². The van der Waals surface area contributed by atoms with Gasteiger partial charge in [-0.3, -0.25) is 24.6 Å². The Labute approximate surface area is 285 Å².